The Bertz CT molecular complexity index is 845. The molecule has 0 aliphatic carbocycles. The molecule has 0 atom stereocenters. The quantitative estimate of drug-likeness (QED) is 0.435. The predicted octanol–water partition coefficient (Wildman–Crippen LogP) is 3.19. The van der Waals surface area contributed by atoms with Crippen molar-refractivity contribution in [3.63, 3.8) is 0 Å². The molecule has 2 aliphatic rings. The molecule has 2 heterocycles. The molecule has 8 nitrogen and oxygen atoms in total. The van der Waals surface area contributed by atoms with Crippen LogP contribution in [0.5, 0.6) is 0 Å². The molecule has 2 aliphatic heterocycles. The molecule has 2 saturated heterocycles. The number of nitrogens with two attached hydrogens (primary N) is 1. The molecular weight excluding hydrogens is 440 g/mol. The number of rotatable bonds is 8. The summed E-state index contributed by atoms with van der Waals surface area (Å²) in [6.45, 7) is 13.7. The van der Waals surface area contributed by atoms with E-state index in [0.717, 1.165) is 82.8 Å². The predicted molar refractivity (Wildman–Crippen MR) is 145 cm³/mol. The Kier molecular flexibility index (Phi) is 9.98. The molecule has 0 radical (unpaired) electrons. The molecule has 35 heavy (non-hydrogen) atoms. The van der Waals surface area contributed by atoms with E-state index >= 15 is 0 Å². The maximum atomic E-state index is 12.0. The van der Waals surface area contributed by atoms with Crippen molar-refractivity contribution in [2.75, 3.05) is 64.3 Å². The van der Waals surface area contributed by atoms with Gasteiger partial charge in [0.1, 0.15) is 5.60 Å². The molecule has 0 aromatic heterocycles. The van der Waals surface area contributed by atoms with Crippen molar-refractivity contribution < 1.29 is 9.53 Å². The van der Waals surface area contributed by atoms with Gasteiger partial charge in [0, 0.05) is 75.5 Å². The van der Waals surface area contributed by atoms with Crippen molar-refractivity contribution >= 4 is 23.6 Å². The van der Waals surface area contributed by atoms with Gasteiger partial charge in [-0.05, 0) is 71.3 Å². The van der Waals surface area contributed by atoms with Gasteiger partial charge in [0.15, 0.2) is 0 Å². The maximum Gasteiger partial charge on any atom is 0.407 e. The third kappa shape index (κ3) is 9.18. The summed E-state index contributed by atoms with van der Waals surface area (Å²) in [4.78, 5) is 23.8. The van der Waals surface area contributed by atoms with Gasteiger partial charge in [-0.1, -0.05) is 12.1 Å². The summed E-state index contributed by atoms with van der Waals surface area (Å²) in [5.41, 5.74) is 8.74. The zero-order valence-electron chi connectivity index (χ0n) is 22.0. The Labute approximate surface area is 211 Å². The van der Waals surface area contributed by atoms with Crippen LogP contribution in [-0.4, -0.2) is 93.2 Å². The first kappa shape index (κ1) is 27.0. The third-order valence-electron chi connectivity index (χ3n) is 6.55. The molecular formula is C27H44N6O2. The SMILES string of the molecule is CN1CCN(c2ccc(/C(C=NCCCN3CCC(NC(=O)OC(C)(C)C)CC3)=C/N)cc2)CC1. The fraction of sp³-hybridized carbons (Fsp3) is 0.630. The molecule has 2 fully saturated rings. The highest BCUT2D eigenvalue weighted by Crippen LogP contribution is 2.20. The van der Waals surface area contributed by atoms with Crippen LogP contribution in [0.3, 0.4) is 0 Å². The largest absolute Gasteiger partial charge is 0.444 e. The Morgan fingerprint density at radius 2 is 1.77 bits per heavy atom. The number of nitrogens with one attached hydrogen (secondary N) is 1. The summed E-state index contributed by atoms with van der Waals surface area (Å²) >= 11 is 0. The van der Waals surface area contributed by atoms with Gasteiger partial charge in [-0.2, -0.15) is 0 Å². The van der Waals surface area contributed by atoms with Crippen LogP contribution in [0.4, 0.5) is 10.5 Å². The number of piperazine rings is 1. The number of allylic oxidation sites excluding steroid dienone is 1. The maximum absolute atomic E-state index is 12.0. The number of alkyl carbamates (subject to hydrolysis) is 1. The number of amides is 1. The van der Waals surface area contributed by atoms with E-state index in [1.54, 1.807) is 6.20 Å². The zero-order chi connectivity index (χ0) is 25.3. The normalized spacial score (nSPS) is 19.3. The summed E-state index contributed by atoms with van der Waals surface area (Å²) in [5, 5.41) is 3.00. The van der Waals surface area contributed by atoms with Gasteiger partial charge in [-0.3, -0.25) is 4.99 Å². The van der Waals surface area contributed by atoms with Crippen LogP contribution in [0.2, 0.25) is 0 Å². The standard InChI is InChI=1S/C27H44N6O2/c1-27(2,3)35-26(34)30-24-10-14-32(15-11-24)13-5-12-29-21-23(20-28)22-6-8-25(9-7-22)33-18-16-31(4)17-19-33/h6-9,20-21,24H,5,10-19,28H2,1-4H3,(H,30,34)/b23-20+,29-21?. The number of ether oxygens (including phenoxy) is 1. The van der Waals surface area contributed by atoms with E-state index in [-0.39, 0.29) is 12.1 Å². The van der Waals surface area contributed by atoms with Gasteiger partial charge >= 0.3 is 6.09 Å². The van der Waals surface area contributed by atoms with Crippen molar-refractivity contribution in [3.05, 3.63) is 36.0 Å². The van der Waals surface area contributed by atoms with Crippen LogP contribution in [0.15, 0.2) is 35.5 Å². The van der Waals surface area contributed by atoms with E-state index < -0.39 is 5.60 Å². The summed E-state index contributed by atoms with van der Waals surface area (Å²) in [7, 11) is 2.17. The second kappa shape index (κ2) is 12.9. The van der Waals surface area contributed by atoms with E-state index in [4.69, 9.17) is 10.5 Å². The first-order valence-electron chi connectivity index (χ1n) is 12.9. The number of anilines is 1. The van der Waals surface area contributed by atoms with Crippen molar-refractivity contribution in [1.29, 1.82) is 0 Å². The lowest BCUT2D eigenvalue weighted by molar-refractivity contribution is 0.0479. The highest BCUT2D eigenvalue weighted by atomic mass is 16.6. The van der Waals surface area contributed by atoms with Gasteiger partial charge in [-0.15, -0.1) is 0 Å². The van der Waals surface area contributed by atoms with Gasteiger partial charge in [-0.25, -0.2) is 4.79 Å². The fourth-order valence-corrected chi connectivity index (χ4v) is 4.47. The summed E-state index contributed by atoms with van der Waals surface area (Å²) < 4.78 is 5.36. The number of piperidine rings is 1. The molecule has 194 valence electrons. The van der Waals surface area contributed by atoms with E-state index in [2.05, 4.69) is 56.3 Å². The average molecular weight is 485 g/mol. The second-order valence-electron chi connectivity index (χ2n) is 10.6. The highest BCUT2D eigenvalue weighted by molar-refractivity contribution is 6.09. The highest BCUT2D eigenvalue weighted by Gasteiger charge is 2.23. The molecule has 3 N–H and O–H groups in total. The van der Waals surface area contributed by atoms with E-state index in [1.165, 1.54) is 5.69 Å². The lowest BCUT2D eigenvalue weighted by atomic mass is 10.1. The Balaban J connectivity index is 1.35. The lowest BCUT2D eigenvalue weighted by Crippen LogP contribution is -2.46. The molecule has 0 bridgehead atoms. The number of hydrogen-bond donors (Lipinski definition) is 2. The van der Waals surface area contributed by atoms with Crippen molar-refractivity contribution in [2.45, 2.75) is 51.7 Å². The summed E-state index contributed by atoms with van der Waals surface area (Å²) in [5.74, 6) is 0. The average Bonchev–Trinajstić information content (AvgIpc) is 2.82. The molecule has 1 aromatic carbocycles. The van der Waals surface area contributed by atoms with Crippen molar-refractivity contribution in [2.24, 2.45) is 10.7 Å². The number of carbonyl (C=O) groups excluding carboxylic acids is 1. The summed E-state index contributed by atoms with van der Waals surface area (Å²) in [6, 6.07) is 8.82. The van der Waals surface area contributed by atoms with Gasteiger partial charge in [0.2, 0.25) is 0 Å². The number of likely N-dealkylation sites (N-methyl/N-ethyl adjacent to an activating group) is 1. The number of nitrogens with zero attached hydrogens (tertiary/aromatic N) is 4. The topological polar surface area (TPSA) is 86.4 Å². The van der Waals surface area contributed by atoms with Crippen LogP contribution < -0.4 is 16.0 Å². The van der Waals surface area contributed by atoms with Crippen LogP contribution in [0.25, 0.3) is 5.57 Å². The van der Waals surface area contributed by atoms with Crippen LogP contribution in [-0.2, 0) is 4.74 Å². The van der Waals surface area contributed by atoms with E-state index in [0.29, 0.717) is 0 Å². The zero-order valence-corrected chi connectivity index (χ0v) is 22.0. The fourth-order valence-electron chi connectivity index (χ4n) is 4.47. The minimum Gasteiger partial charge on any atom is -0.444 e. The molecule has 8 heteroatoms. The van der Waals surface area contributed by atoms with E-state index in [9.17, 15) is 4.79 Å². The van der Waals surface area contributed by atoms with Crippen molar-refractivity contribution in [3.8, 4) is 0 Å². The van der Waals surface area contributed by atoms with Gasteiger partial charge in [0.05, 0.1) is 0 Å². The Morgan fingerprint density at radius 3 is 2.37 bits per heavy atom. The Morgan fingerprint density at radius 1 is 1.11 bits per heavy atom. The minimum absolute atomic E-state index is 0.194. The minimum atomic E-state index is -0.460. The van der Waals surface area contributed by atoms with Gasteiger partial charge < -0.3 is 30.5 Å². The molecule has 1 amide bonds. The number of aliphatic imine (C=N–C) groups is 1. The second-order valence-corrected chi connectivity index (χ2v) is 10.6. The monoisotopic (exact) mass is 484 g/mol. The van der Waals surface area contributed by atoms with Crippen LogP contribution in [0, 0.1) is 0 Å². The first-order chi connectivity index (χ1) is 16.7. The van der Waals surface area contributed by atoms with Crippen molar-refractivity contribution in [1.82, 2.24) is 15.1 Å². The van der Waals surface area contributed by atoms with E-state index in [1.807, 2.05) is 27.0 Å². The number of carbonyl (C=O) groups is 1. The third-order valence-corrected chi connectivity index (χ3v) is 6.55. The van der Waals surface area contributed by atoms with Crippen LogP contribution in [0.1, 0.15) is 45.6 Å². The lowest BCUT2D eigenvalue weighted by Gasteiger charge is -2.34. The molecule has 0 saturated carbocycles. The Hall–Kier alpha value is -2.58. The number of hydrogen-bond acceptors (Lipinski definition) is 7. The van der Waals surface area contributed by atoms with Gasteiger partial charge in [0.25, 0.3) is 0 Å². The number of benzene rings is 1. The molecule has 0 unspecified atom stereocenters. The number of likely N-dealkylation sites (tertiary alicyclic amines) is 1. The van der Waals surface area contributed by atoms with Crippen LogP contribution >= 0.6 is 0 Å². The molecule has 0 spiro atoms. The molecule has 3 rings (SSSR count). The summed E-state index contributed by atoms with van der Waals surface area (Å²) in [6.07, 6.45) is 6.11. The first-order valence-corrected chi connectivity index (χ1v) is 12.9. The smallest absolute Gasteiger partial charge is 0.407 e. The molecule has 1 aromatic rings.